The van der Waals surface area contributed by atoms with Crippen LogP contribution in [0.2, 0.25) is 0 Å². The van der Waals surface area contributed by atoms with Gasteiger partial charge in [-0.3, -0.25) is 4.79 Å². The van der Waals surface area contributed by atoms with Crippen molar-refractivity contribution in [3.05, 3.63) is 35.4 Å². The van der Waals surface area contributed by atoms with Crippen LogP contribution in [-0.4, -0.2) is 25.1 Å². The number of fused-ring (bicyclic) bond motifs is 1. The summed E-state index contributed by atoms with van der Waals surface area (Å²) in [5, 5.41) is 0. The molecule has 0 aromatic heterocycles. The molecule has 3 rings (SSSR count). The fourth-order valence-electron chi connectivity index (χ4n) is 3.00. The lowest BCUT2D eigenvalue weighted by Crippen LogP contribution is -2.21. The number of carbonyl (C=O) groups is 1. The summed E-state index contributed by atoms with van der Waals surface area (Å²) >= 11 is 0. The van der Waals surface area contributed by atoms with Crippen molar-refractivity contribution in [3.8, 4) is 0 Å². The molecule has 3 nitrogen and oxygen atoms in total. The molecule has 2 aliphatic heterocycles. The maximum atomic E-state index is 12.1. The molecule has 0 amide bonds. The molecule has 2 aliphatic rings. The van der Waals surface area contributed by atoms with E-state index in [1.807, 2.05) is 6.07 Å². The van der Waals surface area contributed by atoms with E-state index in [1.165, 1.54) is 11.1 Å². The molecule has 1 aromatic rings. The van der Waals surface area contributed by atoms with E-state index in [0.717, 1.165) is 32.5 Å². The second-order valence-corrected chi connectivity index (χ2v) is 5.39. The fourth-order valence-corrected chi connectivity index (χ4v) is 3.00. The summed E-state index contributed by atoms with van der Waals surface area (Å²) in [6.45, 7) is 1.52. The number of hydrogen-bond acceptors (Lipinski definition) is 3. The molecule has 3 heteroatoms. The average molecular weight is 260 g/mol. The van der Waals surface area contributed by atoms with Crippen molar-refractivity contribution in [2.75, 3.05) is 13.2 Å². The van der Waals surface area contributed by atoms with Gasteiger partial charge >= 0.3 is 0 Å². The van der Waals surface area contributed by atoms with E-state index in [-0.39, 0.29) is 18.0 Å². The monoisotopic (exact) mass is 260 g/mol. The summed E-state index contributed by atoms with van der Waals surface area (Å²) in [6.07, 6.45) is 4.17. The molecule has 19 heavy (non-hydrogen) atoms. The largest absolute Gasteiger partial charge is 0.378 e. The Morgan fingerprint density at radius 1 is 1.16 bits per heavy atom. The van der Waals surface area contributed by atoms with Crippen molar-refractivity contribution in [2.45, 2.75) is 44.3 Å². The van der Waals surface area contributed by atoms with Crippen LogP contribution < -0.4 is 0 Å². The third-order valence-corrected chi connectivity index (χ3v) is 3.98. The molecule has 0 aliphatic carbocycles. The summed E-state index contributed by atoms with van der Waals surface area (Å²) in [7, 11) is 0. The highest BCUT2D eigenvalue weighted by atomic mass is 16.5. The van der Waals surface area contributed by atoms with Crippen LogP contribution in [0, 0.1) is 0 Å². The van der Waals surface area contributed by atoms with E-state index >= 15 is 0 Å². The number of benzene rings is 1. The molecule has 1 saturated heterocycles. The maximum Gasteiger partial charge on any atom is 0.138 e. The Bertz CT molecular complexity index is 449. The molecule has 0 bridgehead atoms. The molecule has 1 aromatic carbocycles. The number of hydrogen-bond donors (Lipinski definition) is 0. The minimum absolute atomic E-state index is 0.0566. The third kappa shape index (κ3) is 3.04. The summed E-state index contributed by atoms with van der Waals surface area (Å²) in [5.41, 5.74) is 2.51. The van der Waals surface area contributed by atoms with Gasteiger partial charge in [0.1, 0.15) is 5.78 Å². The molecule has 2 heterocycles. The van der Waals surface area contributed by atoms with Crippen LogP contribution in [0.3, 0.4) is 0 Å². The number of rotatable bonds is 4. The average Bonchev–Trinajstić information content (AvgIpc) is 2.92. The van der Waals surface area contributed by atoms with E-state index in [4.69, 9.17) is 9.47 Å². The quantitative estimate of drug-likeness (QED) is 0.835. The van der Waals surface area contributed by atoms with Gasteiger partial charge in [-0.05, 0) is 30.4 Å². The highest BCUT2D eigenvalue weighted by molar-refractivity contribution is 5.79. The first-order valence-corrected chi connectivity index (χ1v) is 7.15. The molecular weight excluding hydrogens is 240 g/mol. The Morgan fingerprint density at radius 2 is 2.05 bits per heavy atom. The van der Waals surface area contributed by atoms with Crippen molar-refractivity contribution in [1.82, 2.24) is 0 Å². The van der Waals surface area contributed by atoms with Crippen molar-refractivity contribution < 1.29 is 14.3 Å². The van der Waals surface area contributed by atoms with Crippen LogP contribution in [0.5, 0.6) is 0 Å². The minimum atomic E-state index is -0.0566. The molecule has 0 radical (unpaired) electrons. The van der Waals surface area contributed by atoms with Crippen molar-refractivity contribution in [1.29, 1.82) is 0 Å². The molecule has 102 valence electrons. The van der Waals surface area contributed by atoms with Crippen LogP contribution in [0.15, 0.2) is 24.3 Å². The zero-order valence-electron chi connectivity index (χ0n) is 11.1. The van der Waals surface area contributed by atoms with Gasteiger partial charge in [0.15, 0.2) is 0 Å². The van der Waals surface area contributed by atoms with Crippen molar-refractivity contribution in [3.63, 3.8) is 0 Å². The van der Waals surface area contributed by atoms with Gasteiger partial charge in [0.25, 0.3) is 0 Å². The molecule has 1 fully saturated rings. The van der Waals surface area contributed by atoms with E-state index in [2.05, 4.69) is 18.2 Å². The predicted molar refractivity (Wildman–Crippen MR) is 72.1 cm³/mol. The molecule has 2 atom stereocenters. The minimum Gasteiger partial charge on any atom is -0.378 e. The van der Waals surface area contributed by atoms with E-state index in [9.17, 15) is 4.79 Å². The van der Waals surface area contributed by atoms with Gasteiger partial charge in [-0.2, -0.15) is 0 Å². The number of ether oxygens (including phenoxy) is 2. The van der Waals surface area contributed by atoms with E-state index in [1.54, 1.807) is 0 Å². The Morgan fingerprint density at radius 3 is 2.89 bits per heavy atom. The lowest BCUT2D eigenvalue weighted by Gasteiger charge is -2.25. The van der Waals surface area contributed by atoms with Gasteiger partial charge in [0.2, 0.25) is 0 Å². The standard InChI is InChI=1S/C16H20O3/c17-13(10-14-5-3-8-18-14)11-16-15-6-2-1-4-12(15)7-9-19-16/h1-2,4,6,14,16H,3,5,7-11H2. The molecule has 0 spiro atoms. The van der Waals surface area contributed by atoms with Gasteiger partial charge < -0.3 is 9.47 Å². The zero-order valence-corrected chi connectivity index (χ0v) is 11.1. The molecule has 0 saturated carbocycles. The Balaban J connectivity index is 1.62. The molecule has 2 unspecified atom stereocenters. The summed E-state index contributed by atoms with van der Waals surface area (Å²) in [4.78, 5) is 12.1. The van der Waals surface area contributed by atoms with Crippen LogP contribution in [0.1, 0.15) is 42.9 Å². The number of carbonyl (C=O) groups excluding carboxylic acids is 1. The highest BCUT2D eigenvalue weighted by Gasteiger charge is 2.25. The van der Waals surface area contributed by atoms with E-state index < -0.39 is 0 Å². The number of Topliss-reactive ketones (excluding diaryl/α,β-unsaturated/α-hetero) is 1. The van der Waals surface area contributed by atoms with Crippen LogP contribution in [0.4, 0.5) is 0 Å². The first kappa shape index (κ1) is 12.8. The predicted octanol–water partition coefficient (Wildman–Crippen LogP) is 2.83. The van der Waals surface area contributed by atoms with E-state index in [0.29, 0.717) is 12.8 Å². The van der Waals surface area contributed by atoms with Gasteiger partial charge in [0, 0.05) is 19.4 Å². The second-order valence-electron chi connectivity index (χ2n) is 5.39. The van der Waals surface area contributed by atoms with Gasteiger partial charge in [-0.15, -0.1) is 0 Å². The van der Waals surface area contributed by atoms with Crippen molar-refractivity contribution >= 4 is 5.78 Å². The topological polar surface area (TPSA) is 35.5 Å². The first-order chi connectivity index (χ1) is 9.33. The fraction of sp³-hybridized carbons (Fsp3) is 0.562. The molecule has 0 N–H and O–H groups in total. The Kier molecular flexibility index (Phi) is 3.95. The number of ketones is 1. The van der Waals surface area contributed by atoms with Gasteiger partial charge in [-0.25, -0.2) is 0 Å². The van der Waals surface area contributed by atoms with Crippen LogP contribution in [0.25, 0.3) is 0 Å². The summed E-state index contributed by atoms with van der Waals surface area (Å²) < 4.78 is 11.3. The lowest BCUT2D eigenvalue weighted by atomic mass is 9.93. The Labute approximate surface area is 113 Å². The summed E-state index contributed by atoms with van der Waals surface area (Å²) in [5.74, 6) is 0.258. The SMILES string of the molecule is O=C(CC1CCCO1)CC1OCCc2ccccc21. The van der Waals surface area contributed by atoms with Crippen molar-refractivity contribution in [2.24, 2.45) is 0 Å². The maximum absolute atomic E-state index is 12.1. The highest BCUT2D eigenvalue weighted by Crippen LogP contribution is 2.30. The summed E-state index contributed by atoms with van der Waals surface area (Å²) in [6, 6.07) is 8.29. The van der Waals surface area contributed by atoms with Crippen LogP contribution in [-0.2, 0) is 20.7 Å². The lowest BCUT2D eigenvalue weighted by molar-refractivity contribution is -0.124. The second kappa shape index (κ2) is 5.85. The third-order valence-electron chi connectivity index (χ3n) is 3.98. The molecular formula is C16H20O3. The Hall–Kier alpha value is -1.19. The van der Waals surface area contributed by atoms with Gasteiger partial charge in [0.05, 0.1) is 18.8 Å². The van der Waals surface area contributed by atoms with Gasteiger partial charge in [-0.1, -0.05) is 24.3 Å². The smallest absolute Gasteiger partial charge is 0.138 e. The zero-order chi connectivity index (χ0) is 13.1. The normalized spacial score (nSPS) is 26.1. The van der Waals surface area contributed by atoms with Crippen LogP contribution >= 0.6 is 0 Å². The first-order valence-electron chi connectivity index (χ1n) is 7.15.